The highest BCUT2D eigenvalue weighted by Gasteiger charge is 2.09. The number of esters is 1. The van der Waals surface area contributed by atoms with E-state index < -0.39 is 5.97 Å². The lowest BCUT2D eigenvalue weighted by Crippen LogP contribution is -2.02. The number of hydrogen-bond acceptors (Lipinski definition) is 5. The Hall–Kier alpha value is -1.41. The minimum atomic E-state index is -0.484. The molecule has 1 aromatic rings. The lowest BCUT2D eigenvalue weighted by Gasteiger charge is -1.93. The summed E-state index contributed by atoms with van der Waals surface area (Å²) in [6.45, 7) is 1.58. The van der Waals surface area contributed by atoms with Crippen LogP contribution in [0.15, 0.2) is 6.20 Å². The van der Waals surface area contributed by atoms with Crippen molar-refractivity contribution >= 4 is 17.3 Å². The molecule has 0 atom stereocenters. The lowest BCUT2D eigenvalue weighted by atomic mass is 10.5. The molecule has 1 rings (SSSR count). The van der Waals surface area contributed by atoms with Gasteiger partial charge in [0.05, 0.1) is 11.2 Å². The predicted octanol–water partition coefficient (Wildman–Crippen LogP) is 1.13. The molecule has 0 N–H and O–H groups in total. The van der Waals surface area contributed by atoms with Crippen LogP contribution in [0.1, 0.15) is 14.7 Å². The van der Waals surface area contributed by atoms with Gasteiger partial charge in [-0.25, -0.2) is 9.78 Å². The molecule has 5 heteroatoms. The number of carbonyl (C=O) groups is 1. The summed E-state index contributed by atoms with van der Waals surface area (Å²) in [7, 11) is 0. The molecule has 0 spiro atoms. The Balaban J connectivity index is 2.61. The fourth-order valence-electron chi connectivity index (χ4n) is 0.625. The second-order valence-corrected chi connectivity index (χ2v) is 3.21. The molecule has 0 amide bonds. The third kappa shape index (κ3) is 2.04. The summed E-state index contributed by atoms with van der Waals surface area (Å²) in [6.07, 6.45) is 1.44. The smallest absolute Gasteiger partial charge is 0.351 e. The highest BCUT2D eigenvalue weighted by Crippen LogP contribution is 2.12. The van der Waals surface area contributed by atoms with Crippen LogP contribution in [0.3, 0.4) is 0 Å². The fraction of sp³-hybridized carbons (Fsp3) is 0.286. The van der Waals surface area contributed by atoms with Gasteiger partial charge in [0.1, 0.15) is 10.9 Å². The van der Waals surface area contributed by atoms with E-state index in [9.17, 15) is 4.79 Å². The van der Waals surface area contributed by atoms with Gasteiger partial charge >= 0.3 is 5.97 Å². The normalized spacial score (nSPS) is 9.00. The monoisotopic (exact) mass is 182 g/mol. The zero-order chi connectivity index (χ0) is 8.97. The first-order valence-corrected chi connectivity index (χ1v) is 4.02. The van der Waals surface area contributed by atoms with E-state index in [4.69, 9.17) is 5.26 Å². The topological polar surface area (TPSA) is 63.0 Å². The van der Waals surface area contributed by atoms with E-state index in [1.165, 1.54) is 17.5 Å². The summed E-state index contributed by atoms with van der Waals surface area (Å²) in [6, 6.07) is 1.72. The average Bonchev–Trinajstić information content (AvgIpc) is 2.47. The predicted molar refractivity (Wildman–Crippen MR) is 42.7 cm³/mol. The van der Waals surface area contributed by atoms with Crippen LogP contribution in [-0.2, 0) is 4.74 Å². The van der Waals surface area contributed by atoms with Gasteiger partial charge < -0.3 is 4.74 Å². The summed E-state index contributed by atoms with van der Waals surface area (Å²) >= 11 is 1.25. The second kappa shape index (κ2) is 3.83. The van der Waals surface area contributed by atoms with E-state index in [1.54, 1.807) is 13.0 Å². The Labute approximate surface area is 73.4 Å². The van der Waals surface area contributed by atoms with E-state index >= 15 is 0 Å². The number of aromatic nitrogens is 1. The molecule has 0 saturated carbocycles. The first-order valence-electron chi connectivity index (χ1n) is 3.20. The van der Waals surface area contributed by atoms with Crippen LogP contribution in [-0.4, -0.2) is 17.6 Å². The van der Waals surface area contributed by atoms with Crippen LogP contribution >= 0.6 is 11.3 Å². The first kappa shape index (κ1) is 8.68. The van der Waals surface area contributed by atoms with Gasteiger partial charge in [-0.1, -0.05) is 0 Å². The molecule has 0 unspecified atom stereocenters. The van der Waals surface area contributed by atoms with Crippen molar-refractivity contribution in [1.29, 1.82) is 5.26 Å². The number of hydrogen-bond donors (Lipinski definition) is 0. The maximum absolute atomic E-state index is 11.0. The van der Waals surface area contributed by atoms with Crippen molar-refractivity contribution in [2.24, 2.45) is 0 Å². The summed E-state index contributed by atoms with van der Waals surface area (Å²) in [5, 5.41) is 8.93. The Bertz CT molecular complexity index is 326. The maximum atomic E-state index is 11.0. The summed E-state index contributed by atoms with van der Waals surface area (Å²) in [5.74, 6) is -0.484. The van der Waals surface area contributed by atoms with Gasteiger partial charge in [-0.05, 0) is 6.92 Å². The zero-order valence-electron chi connectivity index (χ0n) is 6.40. The molecule has 1 aromatic heterocycles. The van der Waals surface area contributed by atoms with E-state index in [0.717, 1.165) is 5.01 Å². The van der Waals surface area contributed by atoms with E-state index in [-0.39, 0.29) is 6.61 Å². The minimum Gasteiger partial charge on any atom is -0.446 e. The molecular formula is C7H6N2O2S. The lowest BCUT2D eigenvalue weighted by molar-refractivity contribution is 0.0560. The van der Waals surface area contributed by atoms with Crippen molar-refractivity contribution in [3.8, 4) is 6.07 Å². The highest BCUT2D eigenvalue weighted by molar-refractivity contribution is 7.13. The molecule has 0 bridgehead atoms. The number of carbonyl (C=O) groups excluding carboxylic acids is 1. The molecule has 0 radical (unpaired) electrons. The van der Waals surface area contributed by atoms with E-state index in [2.05, 4.69) is 9.72 Å². The van der Waals surface area contributed by atoms with Crippen LogP contribution in [0.25, 0.3) is 0 Å². The van der Waals surface area contributed by atoms with Crippen molar-refractivity contribution in [3.63, 3.8) is 0 Å². The van der Waals surface area contributed by atoms with Crippen LogP contribution in [0.5, 0.6) is 0 Å². The molecule has 0 aliphatic heterocycles. The molecule has 4 nitrogen and oxygen atoms in total. The molecule has 0 aromatic carbocycles. The molecule has 1 heterocycles. The van der Waals surface area contributed by atoms with Crippen LogP contribution in [0, 0.1) is 18.3 Å². The third-order valence-corrected chi connectivity index (χ3v) is 1.98. The summed E-state index contributed by atoms with van der Waals surface area (Å²) in [4.78, 5) is 15.3. The van der Waals surface area contributed by atoms with Gasteiger partial charge in [0, 0.05) is 0 Å². The summed E-state index contributed by atoms with van der Waals surface area (Å²) < 4.78 is 4.56. The van der Waals surface area contributed by atoms with Crippen LogP contribution < -0.4 is 0 Å². The second-order valence-electron chi connectivity index (χ2n) is 1.98. The molecule has 12 heavy (non-hydrogen) atoms. The van der Waals surface area contributed by atoms with Gasteiger partial charge in [-0.2, -0.15) is 5.26 Å². The largest absolute Gasteiger partial charge is 0.446 e. The SMILES string of the molecule is Cc1ncc(C(=O)OCC#N)s1. The molecule has 0 saturated heterocycles. The van der Waals surface area contributed by atoms with Gasteiger partial charge in [0.25, 0.3) is 0 Å². The Morgan fingerprint density at radius 1 is 1.92 bits per heavy atom. The van der Waals surface area contributed by atoms with E-state index in [1.807, 2.05) is 0 Å². The number of thiazole rings is 1. The van der Waals surface area contributed by atoms with Gasteiger partial charge in [0.15, 0.2) is 6.61 Å². The first-order chi connectivity index (χ1) is 5.74. The standard InChI is InChI=1S/C7H6N2O2S/c1-5-9-4-6(12-5)7(10)11-3-2-8/h4H,3H2,1H3. The minimum absolute atomic E-state index is 0.213. The Morgan fingerprint density at radius 2 is 2.67 bits per heavy atom. The van der Waals surface area contributed by atoms with Crippen LogP contribution in [0.2, 0.25) is 0 Å². The van der Waals surface area contributed by atoms with Crippen molar-refractivity contribution in [3.05, 3.63) is 16.1 Å². The fourth-order valence-corrected chi connectivity index (χ4v) is 1.30. The molecule has 0 aliphatic carbocycles. The number of aryl methyl sites for hydroxylation is 1. The van der Waals surface area contributed by atoms with Gasteiger partial charge in [-0.3, -0.25) is 0 Å². The quantitative estimate of drug-likeness (QED) is 0.643. The molecule has 0 fully saturated rings. The Kier molecular flexibility index (Phi) is 2.77. The summed E-state index contributed by atoms with van der Waals surface area (Å²) in [5.41, 5.74) is 0. The number of nitriles is 1. The van der Waals surface area contributed by atoms with Crippen LogP contribution in [0.4, 0.5) is 0 Å². The third-order valence-electron chi connectivity index (χ3n) is 1.09. The number of nitrogens with zero attached hydrogens (tertiary/aromatic N) is 2. The van der Waals surface area contributed by atoms with E-state index in [0.29, 0.717) is 4.88 Å². The average molecular weight is 182 g/mol. The van der Waals surface area contributed by atoms with Crippen molar-refractivity contribution in [2.45, 2.75) is 6.92 Å². The molecule has 0 aliphatic rings. The highest BCUT2D eigenvalue weighted by atomic mass is 32.1. The van der Waals surface area contributed by atoms with Crippen molar-refractivity contribution in [1.82, 2.24) is 4.98 Å². The number of rotatable bonds is 2. The van der Waals surface area contributed by atoms with Crippen molar-refractivity contribution < 1.29 is 9.53 Å². The maximum Gasteiger partial charge on any atom is 0.351 e. The van der Waals surface area contributed by atoms with Crippen molar-refractivity contribution in [2.75, 3.05) is 6.61 Å². The van der Waals surface area contributed by atoms with Gasteiger partial charge in [-0.15, -0.1) is 11.3 Å². The zero-order valence-corrected chi connectivity index (χ0v) is 7.22. The number of ether oxygens (including phenoxy) is 1. The molecule has 62 valence electrons. The molecular weight excluding hydrogens is 176 g/mol. The Morgan fingerprint density at radius 3 is 3.17 bits per heavy atom. The van der Waals surface area contributed by atoms with Gasteiger partial charge in [0.2, 0.25) is 0 Å².